The fraction of sp³-hybridized carbons (Fsp3) is 0.232. The highest BCUT2D eigenvalue weighted by atomic mass is 15.0. The predicted molar refractivity (Wildman–Crippen MR) is 312 cm³/mol. The van der Waals surface area contributed by atoms with Crippen LogP contribution < -0.4 is 0 Å². The fourth-order valence-electron chi connectivity index (χ4n) is 10.6. The number of aromatic nitrogens is 4. The molecule has 5 nitrogen and oxygen atoms in total. The van der Waals surface area contributed by atoms with E-state index in [0.717, 1.165) is 72.6 Å². The normalized spacial score (nSPS) is 12.6. The molecule has 0 spiro atoms. The Hall–Kier alpha value is -8.07. The SMILES string of the molecule is CC(C)(C)c1ccc2c(c1)c1cc(C(C)(C)C)ccc1n2-c1ccc(-c2cc(-c3ccccc3)nc(-c3ccccc3)n2)cc1-c1ccc(C#N)cc1-n1c2ccc(C(C)(C)C)cc2c2cc(C(C)(C)C)ccc21. The molecule has 8 aromatic carbocycles. The summed E-state index contributed by atoms with van der Waals surface area (Å²) in [5.74, 6) is 0.660. The van der Waals surface area contributed by atoms with Crippen molar-refractivity contribution >= 4 is 43.6 Å². The Bertz CT molecular complexity index is 3840. The summed E-state index contributed by atoms with van der Waals surface area (Å²) in [6, 6.07) is 66.3. The van der Waals surface area contributed by atoms with Gasteiger partial charge in [0.1, 0.15) is 0 Å². The zero-order chi connectivity index (χ0) is 52.1. The number of nitriles is 1. The summed E-state index contributed by atoms with van der Waals surface area (Å²) in [6.45, 7) is 27.4. The largest absolute Gasteiger partial charge is 0.309 e. The molecule has 0 bridgehead atoms. The summed E-state index contributed by atoms with van der Waals surface area (Å²) in [4.78, 5) is 10.5. The number of benzene rings is 8. The Morgan fingerprint density at radius 1 is 0.351 bits per heavy atom. The molecule has 0 N–H and O–H groups in total. The first-order valence-corrected chi connectivity index (χ1v) is 26.0. The van der Waals surface area contributed by atoms with Gasteiger partial charge in [-0.2, -0.15) is 5.26 Å². The first-order valence-electron chi connectivity index (χ1n) is 26.0. The topological polar surface area (TPSA) is 59.4 Å². The van der Waals surface area contributed by atoms with Gasteiger partial charge in [0.25, 0.3) is 0 Å². The molecule has 0 aliphatic heterocycles. The highest BCUT2D eigenvalue weighted by Crippen LogP contribution is 2.45. The van der Waals surface area contributed by atoms with Crippen molar-refractivity contribution in [3.05, 3.63) is 204 Å². The number of hydrogen-bond donors (Lipinski definition) is 0. The minimum absolute atomic E-state index is 0.0488. The maximum absolute atomic E-state index is 10.8. The molecule has 366 valence electrons. The van der Waals surface area contributed by atoms with E-state index in [-0.39, 0.29) is 21.7 Å². The molecule has 0 saturated heterocycles. The van der Waals surface area contributed by atoms with Crippen molar-refractivity contribution in [1.29, 1.82) is 5.26 Å². The zero-order valence-corrected chi connectivity index (χ0v) is 45.0. The van der Waals surface area contributed by atoms with Crippen LogP contribution in [0, 0.1) is 11.3 Å². The molecule has 5 heteroatoms. The van der Waals surface area contributed by atoms with Crippen LogP contribution in [0.3, 0.4) is 0 Å². The summed E-state index contributed by atoms with van der Waals surface area (Å²) in [5.41, 5.74) is 18.5. The number of rotatable bonds is 6. The van der Waals surface area contributed by atoms with Crippen LogP contribution in [0.2, 0.25) is 0 Å². The van der Waals surface area contributed by atoms with Gasteiger partial charge in [0.15, 0.2) is 5.82 Å². The molecule has 11 aromatic rings. The first-order chi connectivity index (χ1) is 35.2. The van der Waals surface area contributed by atoms with E-state index in [1.165, 1.54) is 43.8 Å². The Balaban J connectivity index is 1.27. The van der Waals surface area contributed by atoms with Gasteiger partial charge in [-0.25, -0.2) is 9.97 Å². The van der Waals surface area contributed by atoms with Crippen LogP contribution in [0.1, 0.15) is 111 Å². The lowest BCUT2D eigenvalue weighted by atomic mass is 9.85. The third-order valence-electron chi connectivity index (χ3n) is 15.0. The average Bonchev–Trinajstić information content (AvgIpc) is 3.89. The molecule has 0 fully saturated rings. The molecule has 0 saturated carbocycles. The van der Waals surface area contributed by atoms with Crippen LogP contribution >= 0.6 is 0 Å². The number of hydrogen-bond acceptors (Lipinski definition) is 3. The van der Waals surface area contributed by atoms with Gasteiger partial charge in [0.05, 0.1) is 56.5 Å². The molecule has 74 heavy (non-hydrogen) atoms. The molecule has 3 aromatic heterocycles. The van der Waals surface area contributed by atoms with E-state index in [1.54, 1.807) is 0 Å². The van der Waals surface area contributed by atoms with E-state index < -0.39 is 0 Å². The van der Waals surface area contributed by atoms with E-state index in [0.29, 0.717) is 11.4 Å². The van der Waals surface area contributed by atoms with Gasteiger partial charge in [0, 0.05) is 49.4 Å². The molecular weight excluding hydrogens is 899 g/mol. The Labute approximate surface area is 436 Å². The van der Waals surface area contributed by atoms with Crippen molar-refractivity contribution in [3.63, 3.8) is 0 Å². The summed E-state index contributed by atoms with van der Waals surface area (Å²) >= 11 is 0. The van der Waals surface area contributed by atoms with Crippen molar-refractivity contribution < 1.29 is 0 Å². The number of nitrogens with zero attached hydrogens (tertiary/aromatic N) is 5. The molecule has 0 aliphatic rings. The van der Waals surface area contributed by atoms with Gasteiger partial charge in [-0.3, -0.25) is 0 Å². The molecule has 11 rings (SSSR count). The van der Waals surface area contributed by atoms with E-state index in [2.05, 4.69) is 244 Å². The molecule has 0 unspecified atom stereocenters. The fourth-order valence-corrected chi connectivity index (χ4v) is 10.6. The second kappa shape index (κ2) is 17.6. The predicted octanol–water partition coefficient (Wildman–Crippen LogP) is 18.4. The van der Waals surface area contributed by atoms with Gasteiger partial charge in [0.2, 0.25) is 0 Å². The molecule has 0 aliphatic carbocycles. The quantitative estimate of drug-likeness (QED) is 0.167. The van der Waals surface area contributed by atoms with Gasteiger partial charge >= 0.3 is 0 Å². The molecular formula is C69H65N5. The van der Waals surface area contributed by atoms with E-state index in [1.807, 2.05) is 30.3 Å². The summed E-state index contributed by atoms with van der Waals surface area (Å²) in [5, 5.41) is 15.6. The standard InChI is InChI=1S/C69H65N5/c1-66(2,3)47-25-31-60-53(37-47)54-38-48(67(4,5)6)26-32-61(54)73(60)59-30-24-46(58-41-57(44-19-15-13-16-20-44)71-65(72-58)45-21-17-14-18-22-45)36-52(59)51-29-23-43(42-70)35-64(51)74-62-33-27-49(68(7,8)9)39-55(62)56-40-50(69(10,11)12)28-34-63(56)74/h13-41H,1-12H3. The molecule has 0 amide bonds. The second-order valence-electron chi connectivity index (χ2n) is 24.4. The van der Waals surface area contributed by atoms with Crippen molar-refractivity contribution in [2.24, 2.45) is 0 Å². The van der Waals surface area contributed by atoms with Gasteiger partial charge in [-0.05, 0) is 123 Å². The Kier molecular flexibility index (Phi) is 11.4. The number of fused-ring (bicyclic) bond motifs is 6. The third-order valence-corrected chi connectivity index (χ3v) is 15.0. The Morgan fingerprint density at radius 2 is 0.757 bits per heavy atom. The van der Waals surface area contributed by atoms with Gasteiger partial charge in [-0.1, -0.05) is 180 Å². The van der Waals surface area contributed by atoms with Crippen molar-refractivity contribution in [2.75, 3.05) is 0 Å². The second-order valence-corrected chi connectivity index (χ2v) is 24.4. The third kappa shape index (κ3) is 8.56. The lowest BCUT2D eigenvalue weighted by molar-refractivity contribution is 0.590. The first kappa shape index (κ1) is 48.2. The van der Waals surface area contributed by atoms with Crippen molar-refractivity contribution in [3.8, 4) is 62.5 Å². The van der Waals surface area contributed by atoms with Crippen LogP contribution in [-0.2, 0) is 21.7 Å². The minimum Gasteiger partial charge on any atom is -0.309 e. The summed E-state index contributed by atoms with van der Waals surface area (Å²) < 4.78 is 4.87. The van der Waals surface area contributed by atoms with Gasteiger partial charge < -0.3 is 9.13 Å². The zero-order valence-electron chi connectivity index (χ0n) is 45.0. The van der Waals surface area contributed by atoms with Crippen molar-refractivity contribution in [2.45, 2.75) is 105 Å². The average molecular weight is 964 g/mol. The van der Waals surface area contributed by atoms with Crippen LogP contribution in [0.15, 0.2) is 176 Å². The molecule has 0 atom stereocenters. The van der Waals surface area contributed by atoms with Gasteiger partial charge in [-0.15, -0.1) is 0 Å². The monoisotopic (exact) mass is 964 g/mol. The van der Waals surface area contributed by atoms with E-state index >= 15 is 0 Å². The smallest absolute Gasteiger partial charge is 0.160 e. The van der Waals surface area contributed by atoms with Crippen molar-refractivity contribution in [1.82, 2.24) is 19.1 Å². The highest BCUT2D eigenvalue weighted by Gasteiger charge is 2.27. The van der Waals surface area contributed by atoms with Crippen LogP contribution in [0.5, 0.6) is 0 Å². The Morgan fingerprint density at radius 3 is 1.18 bits per heavy atom. The van der Waals surface area contributed by atoms with E-state index in [4.69, 9.17) is 9.97 Å². The molecule has 0 radical (unpaired) electrons. The molecule has 3 heterocycles. The summed E-state index contributed by atoms with van der Waals surface area (Å²) in [7, 11) is 0. The van der Waals surface area contributed by atoms with Crippen LogP contribution in [-0.4, -0.2) is 19.1 Å². The lowest BCUT2D eigenvalue weighted by Crippen LogP contribution is -2.10. The lowest BCUT2D eigenvalue weighted by Gasteiger charge is -2.22. The van der Waals surface area contributed by atoms with E-state index in [9.17, 15) is 5.26 Å². The highest BCUT2D eigenvalue weighted by molar-refractivity contribution is 6.12. The minimum atomic E-state index is -0.0587. The summed E-state index contributed by atoms with van der Waals surface area (Å²) in [6.07, 6.45) is 0. The maximum Gasteiger partial charge on any atom is 0.160 e. The maximum atomic E-state index is 10.8. The van der Waals surface area contributed by atoms with Crippen LogP contribution in [0.25, 0.3) is 100 Å². The van der Waals surface area contributed by atoms with Crippen LogP contribution in [0.4, 0.5) is 0 Å².